The second-order valence-corrected chi connectivity index (χ2v) is 9.49. The number of anilines is 1. The molecule has 3 aromatic rings. The first-order valence-electron chi connectivity index (χ1n) is 9.97. The first-order chi connectivity index (χ1) is 14.5. The van der Waals surface area contributed by atoms with E-state index in [1.807, 2.05) is 30.3 Å². The van der Waals surface area contributed by atoms with Crippen molar-refractivity contribution < 1.29 is 13.2 Å². The van der Waals surface area contributed by atoms with Crippen LogP contribution in [0.2, 0.25) is 0 Å². The number of benzene rings is 2. The van der Waals surface area contributed by atoms with E-state index in [1.165, 1.54) is 9.87 Å². The van der Waals surface area contributed by atoms with Crippen LogP contribution in [0.25, 0.3) is 10.8 Å². The van der Waals surface area contributed by atoms with Gasteiger partial charge in [0, 0.05) is 50.5 Å². The number of piperazine rings is 1. The van der Waals surface area contributed by atoms with Gasteiger partial charge < -0.3 is 4.90 Å². The zero-order valence-electron chi connectivity index (χ0n) is 16.4. The first kappa shape index (κ1) is 19.0. The number of pyridine rings is 1. The third kappa shape index (κ3) is 3.22. The van der Waals surface area contributed by atoms with E-state index < -0.39 is 10.0 Å². The van der Waals surface area contributed by atoms with E-state index in [9.17, 15) is 13.2 Å². The summed E-state index contributed by atoms with van der Waals surface area (Å²) in [5.74, 6) is -0.160. The molecule has 1 aromatic heterocycles. The molecule has 0 bridgehead atoms. The van der Waals surface area contributed by atoms with Gasteiger partial charge in [0.1, 0.15) is 6.54 Å². The third-order valence-corrected chi connectivity index (χ3v) is 7.64. The van der Waals surface area contributed by atoms with Crippen molar-refractivity contribution in [2.24, 2.45) is 0 Å². The van der Waals surface area contributed by atoms with Gasteiger partial charge in [-0.25, -0.2) is 8.42 Å². The first-order valence-corrected chi connectivity index (χ1v) is 11.4. The van der Waals surface area contributed by atoms with Gasteiger partial charge in [0.25, 0.3) is 10.0 Å². The lowest BCUT2D eigenvalue weighted by Gasteiger charge is -2.35. The van der Waals surface area contributed by atoms with Crippen LogP contribution in [-0.2, 0) is 21.4 Å². The smallest absolute Gasteiger partial charge is 0.265 e. The summed E-state index contributed by atoms with van der Waals surface area (Å²) in [6.07, 6.45) is 3.56. The van der Waals surface area contributed by atoms with Gasteiger partial charge in [-0.05, 0) is 35.2 Å². The van der Waals surface area contributed by atoms with Crippen molar-refractivity contribution in [3.05, 3.63) is 66.5 Å². The Hall–Kier alpha value is -2.97. The van der Waals surface area contributed by atoms with E-state index >= 15 is 0 Å². The number of aromatic nitrogens is 1. The highest BCUT2D eigenvalue weighted by molar-refractivity contribution is 7.93. The molecule has 0 spiro atoms. The Morgan fingerprint density at radius 2 is 1.63 bits per heavy atom. The Balaban J connectivity index is 1.28. The summed E-state index contributed by atoms with van der Waals surface area (Å²) in [5.41, 5.74) is 1.78. The highest BCUT2D eigenvalue weighted by Crippen LogP contribution is 2.41. The SMILES string of the molecule is O=C(CN1c2cccc3cccc(c23)S1(=O)=O)N1CCN(Cc2ccncc2)CC1. The third-order valence-electron chi connectivity index (χ3n) is 5.84. The minimum Gasteiger partial charge on any atom is -0.339 e. The van der Waals surface area contributed by atoms with Crippen LogP contribution in [0.1, 0.15) is 5.56 Å². The van der Waals surface area contributed by atoms with E-state index in [0.717, 1.165) is 25.0 Å². The van der Waals surface area contributed by atoms with Gasteiger partial charge in [-0.15, -0.1) is 0 Å². The van der Waals surface area contributed by atoms with Gasteiger partial charge in [-0.3, -0.25) is 19.0 Å². The van der Waals surface area contributed by atoms with Crippen LogP contribution in [0.5, 0.6) is 0 Å². The van der Waals surface area contributed by atoms with Crippen molar-refractivity contribution in [2.75, 3.05) is 37.0 Å². The average Bonchev–Trinajstić information content (AvgIpc) is 2.98. The molecular formula is C22H22N4O3S. The molecule has 1 amide bonds. The predicted octanol–water partition coefficient (Wildman–Crippen LogP) is 2.09. The van der Waals surface area contributed by atoms with Crippen LogP contribution in [0.4, 0.5) is 5.69 Å². The quantitative estimate of drug-likeness (QED) is 0.644. The normalized spacial score (nSPS) is 18.1. The number of hydrogen-bond donors (Lipinski definition) is 0. The predicted molar refractivity (Wildman–Crippen MR) is 115 cm³/mol. The Kier molecular flexibility index (Phi) is 4.67. The van der Waals surface area contributed by atoms with Crippen LogP contribution in [0.15, 0.2) is 65.8 Å². The van der Waals surface area contributed by atoms with Gasteiger partial charge in [0.05, 0.1) is 10.6 Å². The molecule has 2 aliphatic heterocycles. The molecule has 30 heavy (non-hydrogen) atoms. The second kappa shape index (κ2) is 7.37. The lowest BCUT2D eigenvalue weighted by molar-refractivity contribution is -0.131. The molecule has 2 aliphatic rings. The van der Waals surface area contributed by atoms with E-state index in [0.29, 0.717) is 24.2 Å². The monoisotopic (exact) mass is 422 g/mol. The fourth-order valence-corrected chi connectivity index (χ4v) is 5.91. The Morgan fingerprint density at radius 1 is 0.933 bits per heavy atom. The number of sulfonamides is 1. The summed E-state index contributed by atoms with van der Waals surface area (Å²) in [4.78, 5) is 21.4. The van der Waals surface area contributed by atoms with Crippen LogP contribution in [-0.4, -0.2) is 61.8 Å². The molecular weight excluding hydrogens is 400 g/mol. The van der Waals surface area contributed by atoms with Crippen molar-refractivity contribution in [3.8, 4) is 0 Å². The van der Waals surface area contributed by atoms with Crippen LogP contribution >= 0.6 is 0 Å². The highest BCUT2D eigenvalue weighted by atomic mass is 32.2. The van der Waals surface area contributed by atoms with Gasteiger partial charge in [-0.1, -0.05) is 24.3 Å². The molecule has 0 N–H and O–H groups in total. The van der Waals surface area contributed by atoms with Crippen molar-refractivity contribution in [2.45, 2.75) is 11.4 Å². The molecule has 8 heteroatoms. The van der Waals surface area contributed by atoms with E-state index in [2.05, 4.69) is 9.88 Å². The summed E-state index contributed by atoms with van der Waals surface area (Å²) >= 11 is 0. The maximum absolute atomic E-state index is 13.1. The minimum atomic E-state index is -3.71. The average molecular weight is 423 g/mol. The van der Waals surface area contributed by atoms with Crippen molar-refractivity contribution in [3.63, 3.8) is 0 Å². The molecule has 154 valence electrons. The van der Waals surface area contributed by atoms with Crippen molar-refractivity contribution >= 4 is 32.4 Å². The van der Waals surface area contributed by atoms with Gasteiger partial charge in [0.2, 0.25) is 5.91 Å². The topological polar surface area (TPSA) is 73.8 Å². The molecule has 1 fully saturated rings. The Morgan fingerprint density at radius 3 is 2.37 bits per heavy atom. The number of rotatable bonds is 4. The summed E-state index contributed by atoms with van der Waals surface area (Å²) in [5, 5.41) is 1.57. The highest BCUT2D eigenvalue weighted by Gasteiger charge is 2.37. The van der Waals surface area contributed by atoms with E-state index in [1.54, 1.807) is 35.5 Å². The van der Waals surface area contributed by atoms with Gasteiger partial charge >= 0.3 is 0 Å². The molecule has 0 unspecified atom stereocenters. The van der Waals surface area contributed by atoms with Crippen LogP contribution in [0.3, 0.4) is 0 Å². The summed E-state index contributed by atoms with van der Waals surface area (Å²) < 4.78 is 27.4. The number of carbonyl (C=O) groups is 1. The second-order valence-electron chi connectivity index (χ2n) is 7.66. The number of amides is 1. The number of carbonyl (C=O) groups excluding carboxylic acids is 1. The van der Waals surface area contributed by atoms with Crippen LogP contribution < -0.4 is 4.31 Å². The lowest BCUT2D eigenvalue weighted by Crippen LogP contribution is -2.51. The zero-order chi connectivity index (χ0) is 20.7. The molecule has 0 saturated carbocycles. The van der Waals surface area contributed by atoms with E-state index in [4.69, 9.17) is 0 Å². The fraction of sp³-hybridized carbons (Fsp3) is 0.273. The maximum atomic E-state index is 13.1. The molecule has 0 atom stereocenters. The summed E-state index contributed by atoms with van der Waals surface area (Å²) in [7, 11) is -3.71. The molecule has 0 radical (unpaired) electrons. The van der Waals surface area contributed by atoms with Gasteiger partial charge in [-0.2, -0.15) is 0 Å². The summed E-state index contributed by atoms with van der Waals surface area (Å²) in [6, 6.07) is 14.7. The molecule has 0 aliphatic carbocycles. The van der Waals surface area contributed by atoms with Gasteiger partial charge in [0.15, 0.2) is 0 Å². The molecule has 5 rings (SSSR count). The zero-order valence-corrected chi connectivity index (χ0v) is 17.3. The fourth-order valence-electron chi connectivity index (χ4n) is 4.25. The molecule has 7 nitrogen and oxygen atoms in total. The standard InChI is InChI=1S/C22H22N4O3S/c27-21(25-13-11-24(12-14-25)15-17-7-9-23-10-8-17)16-26-19-5-1-3-18-4-2-6-20(22(18)19)30(26,28)29/h1-10H,11-16H2. The van der Waals surface area contributed by atoms with E-state index in [-0.39, 0.29) is 17.3 Å². The lowest BCUT2D eigenvalue weighted by atomic mass is 10.1. The maximum Gasteiger partial charge on any atom is 0.265 e. The Bertz CT molecular complexity index is 1200. The molecule has 1 saturated heterocycles. The summed E-state index contributed by atoms with van der Waals surface area (Å²) in [6.45, 7) is 3.36. The largest absolute Gasteiger partial charge is 0.339 e. The van der Waals surface area contributed by atoms with Crippen molar-refractivity contribution in [1.29, 1.82) is 0 Å². The van der Waals surface area contributed by atoms with Crippen LogP contribution in [0, 0.1) is 0 Å². The molecule has 2 aromatic carbocycles. The minimum absolute atomic E-state index is 0.160. The Labute approximate surface area is 175 Å². The van der Waals surface area contributed by atoms with Crippen molar-refractivity contribution in [1.82, 2.24) is 14.8 Å². The number of hydrogen-bond acceptors (Lipinski definition) is 5. The number of nitrogens with zero attached hydrogens (tertiary/aromatic N) is 4. The molecule has 3 heterocycles.